The Balaban J connectivity index is 1.85. The molecule has 0 saturated carbocycles. The summed E-state index contributed by atoms with van der Waals surface area (Å²) in [5.41, 5.74) is 3.21. The number of rotatable bonds is 5. The van der Waals surface area contributed by atoms with Crippen LogP contribution in [0.15, 0.2) is 24.7 Å². The lowest BCUT2D eigenvalue weighted by Crippen LogP contribution is -2.33. The molecule has 0 radical (unpaired) electrons. The molecule has 1 unspecified atom stereocenters. The zero-order chi connectivity index (χ0) is 15.4. The van der Waals surface area contributed by atoms with Gasteiger partial charge in [-0.05, 0) is 51.3 Å². The lowest BCUT2D eigenvalue weighted by molar-refractivity contribution is 0.208. The number of hydrogen-bond acceptors (Lipinski definition) is 4. The molecule has 1 aliphatic rings. The third kappa shape index (κ3) is 3.35. The van der Waals surface area contributed by atoms with Gasteiger partial charge < -0.3 is 4.90 Å². The Hall–Kier alpha value is -1.75. The van der Waals surface area contributed by atoms with E-state index in [9.17, 15) is 0 Å². The van der Waals surface area contributed by atoms with Gasteiger partial charge in [0.15, 0.2) is 0 Å². The molecule has 22 heavy (non-hydrogen) atoms. The van der Waals surface area contributed by atoms with Crippen LogP contribution in [0, 0.1) is 5.92 Å². The molecule has 1 saturated heterocycles. The summed E-state index contributed by atoms with van der Waals surface area (Å²) in [7, 11) is 2.21. The maximum atomic E-state index is 4.63. The van der Waals surface area contributed by atoms with Gasteiger partial charge in [0.25, 0.3) is 0 Å². The molecule has 0 bridgehead atoms. The van der Waals surface area contributed by atoms with Gasteiger partial charge >= 0.3 is 0 Å². The normalized spacial score (nSPS) is 19.5. The van der Waals surface area contributed by atoms with Gasteiger partial charge in [0.2, 0.25) is 0 Å². The fourth-order valence-electron chi connectivity index (χ4n) is 3.37. The quantitative estimate of drug-likeness (QED) is 0.851. The molecule has 118 valence electrons. The van der Waals surface area contributed by atoms with Gasteiger partial charge in [0, 0.05) is 31.7 Å². The second-order valence-electron chi connectivity index (χ2n) is 6.27. The molecular weight excluding hydrogens is 274 g/mol. The molecule has 5 heteroatoms. The molecule has 0 aliphatic carbocycles. The SMILES string of the molecule is CCCn1nccc1-c1nccnc1CC1CCCN(C)C1. The molecule has 0 amide bonds. The summed E-state index contributed by atoms with van der Waals surface area (Å²) in [5, 5.41) is 4.42. The molecule has 2 aromatic rings. The number of nitrogens with zero attached hydrogens (tertiary/aromatic N) is 5. The molecule has 3 heterocycles. The molecule has 3 rings (SSSR count). The third-order valence-electron chi connectivity index (χ3n) is 4.37. The fourth-order valence-corrected chi connectivity index (χ4v) is 3.37. The van der Waals surface area contributed by atoms with Gasteiger partial charge in [-0.25, -0.2) is 0 Å². The summed E-state index contributed by atoms with van der Waals surface area (Å²) in [6.45, 7) is 5.46. The minimum atomic E-state index is 0.678. The van der Waals surface area contributed by atoms with Crippen LogP contribution >= 0.6 is 0 Å². The van der Waals surface area contributed by atoms with Gasteiger partial charge in [0.1, 0.15) is 5.69 Å². The van der Waals surface area contributed by atoms with Crippen molar-refractivity contribution in [2.45, 2.75) is 39.2 Å². The van der Waals surface area contributed by atoms with E-state index in [1.54, 1.807) is 6.20 Å². The Morgan fingerprint density at radius 1 is 1.23 bits per heavy atom. The van der Waals surface area contributed by atoms with E-state index in [4.69, 9.17) is 0 Å². The van der Waals surface area contributed by atoms with Crippen LogP contribution in [0.4, 0.5) is 0 Å². The van der Waals surface area contributed by atoms with Gasteiger partial charge in [-0.15, -0.1) is 0 Å². The predicted molar refractivity (Wildman–Crippen MR) is 87.5 cm³/mol. The minimum absolute atomic E-state index is 0.678. The van der Waals surface area contributed by atoms with Crippen LogP contribution in [0.5, 0.6) is 0 Å². The monoisotopic (exact) mass is 299 g/mol. The number of hydrogen-bond donors (Lipinski definition) is 0. The van der Waals surface area contributed by atoms with Crippen molar-refractivity contribution in [2.75, 3.05) is 20.1 Å². The summed E-state index contributed by atoms with van der Waals surface area (Å²) in [6, 6.07) is 2.05. The second kappa shape index (κ2) is 7.01. The Kier molecular flexibility index (Phi) is 4.83. The number of piperidine rings is 1. The van der Waals surface area contributed by atoms with Crippen molar-refractivity contribution in [2.24, 2.45) is 5.92 Å². The summed E-state index contributed by atoms with van der Waals surface area (Å²) in [4.78, 5) is 11.7. The molecule has 0 spiro atoms. The van der Waals surface area contributed by atoms with Crippen molar-refractivity contribution in [1.82, 2.24) is 24.6 Å². The predicted octanol–water partition coefficient (Wildman–Crippen LogP) is 2.63. The summed E-state index contributed by atoms with van der Waals surface area (Å²) >= 11 is 0. The highest BCUT2D eigenvalue weighted by molar-refractivity contribution is 5.57. The first-order valence-corrected chi connectivity index (χ1v) is 8.28. The van der Waals surface area contributed by atoms with Gasteiger partial charge in [-0.3, -0.25) is 14.6 Å². The Morgan fingerprint density at radius 2 is 2.09 bits per heavy atom. The maximum Gasteiger partial charge on any atom is 0.110 e. The van der Waals surface area contributed by atoms with Crippen LogP contribution < -0.4 is 0 Å². The Morgan fingerprint density at radius 3 is 2.91 bits per heavy atom. The zero-order valence-corrected chi connectivity index (χ0v) is 13.6. The van der Waals surface area contributed by atoms with Crippen molar-refractivity contribution in [1.29, 1.82) is 0 Å². The van der Waals surface area contributed by atoms with Gasteiger partial charge in [-0.2, -0.15) is 5.10 Å². The molecule has 1 fully saturated rings. The van der Waals surface area contributed by atoms with Crippen molar-refractivity contribution < 1.29 is 0 Å². The van der Waals surface area contributed by atoms with E-state index in [0.29, 0.717) is 5.92 Å². The summed E-state index contributed by atoms with van der Waals surface area (Å²) < 4.78 is 2.04. The fraction of sp³-hybridized carbons (Fsp3) is 0.588. The second-order valence-corrected chi connectivity index (χ2v) is 6.27. The van der Waals surface area contributed by atoms with E-state index in [0.717, 1.165) is 43.0 Å². The smallest absolute Gasteiger partial charge is 0.110 e. The molecule has 1 atom stereocenters. The maximum absolute atomic E-state index is 4.63. The Labute approximate surface area is 132 Å². The van der Waals surface area contributed by atoms with Crippen LogP contribution in [0.25, 0.3) is 11.4 Å². The molecule has 0 aromatic carbocycles. The van der Waals surface area contributed by atoms with Crippen LogP contribution in [0.3, 0.4) is 0 Å². The molecule has 0 N–H and O–H groups in total. The number of likely N-dealkylation sites (tertiary alicyclic amines) is 1. The lowest BCUT2D eigenvalue weighted by Gasteiger charge is -2.29. The Bertz CT molecular complexity index is 607. The van der Waals surface area contributed by atoms with Crippen LogP contribution in [-0.2, 0) is 13.0 Å². The average Bonchev–Trinajstić information content (AvgIpc) is 2.96. The number of aromatic nitrogens is 4. The molecule has 5 nitrogen and oxygen atoms in total. The van der Waals surface area contributed by atoms with E-state index in [1.165, 1.54) is 19.4 Å². The van der Waals surface area contributed by atoms with Gasteiger partial charge in [-0.1, -0.05) is 6.92 Å². The first-order chi connectivity index (χ1) is 10.8. The van der Waals surface area contributed by atoms with Crippen LogP contribution in [0.2, 0.25) is 0 Å². The molecule has 1 aliphatic heterocycles. The van der Waals surface area contributed by atoms with E-state index in [-0.39, 0.29) is 0 Å². The molecule has 2 aromatic heterocycles. The highest BCUT2D eigenvalue weighted by Crippen LogP contribution is 2.25. The summed E-state index contributed by atoms with van der Waals surface area (Å²) in [6.07, 6.45) is 10.1. The third-order valence-corrected chi connectivity index (χ3v) is 4.37. The topological polar surface area (TPSA) is 46.8 Å². The van der Waals surface area contributed by atoms with Gasteiger partial charge in [0.05, 0.1) is 11.4 Å². The highest BCUT2D eigenvalue weighted by atomic mass is 15.3. The highest BCUT2D eigenvalue weighted by Gasteiger charge is 2.21. The molecular formula is C17H25N5. The minimum Gasteiger partial charge on any atom is -0.306 e. The van der Waals surface area contributed by atoms with Crippen LogP contribution in [0.1, 0.15) is 31.9 Å². The number of aryl methyl sites for hydroxylation is 1. The average molecular weight is 299 g/mol. The zero-order valence-electron chi connectivity index (χ0n) is 13.6. The standard InChI is InChI=1S/C17H25N5/c1-3-10-22-16(6-7-20-22)17-15(18-8-9-19-17)12-14-5-4-11-21(2)13-14/h6-9,14H,3-5,10-13H2,1-2H3. The van der Waals surface area contributed by atoms with E-state index >= 15 is 0 Å². The van der Waals surface area contributed by atoms with Crippen molar-refractivity contribution >= 4 is 0 Å². The van der Waals surface area contributed by atoms with Crippen molar-refractivity contribution in [3.05, 3.63) is 30.4 Å². The lowest BCUT2D eigenvalue weighted by atomic mass is 9.92. The van der Waals surface area contributed by atoms with Crippen molar-refractivity contribution in [3.63, 3.8) is 0 Å². The summed E-state index contributed by atoms with van der Waals surface area (Å²) in [5.74, 6) is 0.678. The van der Waals surface area contributed by atoms with E-state index in [1.807, 2.05) is 17.1 Å². The van der Waals surface area contributed by atoms with Crippen molar-refractivity contribution in [3.8, 4) is 11.4 Å². The first kappa shape index (κ1) is 15.2. The van der Waals surface area contributed by atoms with Crippen LogP contribution in [-0.4, -0.2) is 44.8 Å². The van der Waals surface area contributed by atoms with E-state index < -0.39 is 0 Å². The van der Waals surface area contributed by atoms with E-state index in [2.05, 4.69) is 40.0 Å². The largest absolute Gasteiger partial charge is 0.306 e. The first-order valence-electron chi connectivity index (χ1n) is 8.28.